The van der Waals surface area contributed by atoms with Crippen LogP contribution in [0.4, 0.5) is 5.13 Å². The van der Waals surface area contributed by atoms with Crippen LogP contribution in [0, 0.1) is 12.8 Å². The van der Waals surface area contributed by atoms with Gasteiger partial charge in [0, 0.05) is 28.9 Å². The molecular weight excluding hydrogens is 362 g/mol. The van der Waals surface area contributed by atoms with Crippen LogP contribution in [0.1, 0.15) is 37.1 Å². The molecule has 0 unspecified atom stereocenters. The van der Waals surface area contributed by atoms with Crippen LogP contribution in [0.5, 0.6) is 0 Å². The number of hydrogen-bond acceptors (Lipinski definition) is 7. The van der Waals surface area contributed by atoms with Crippen molar-refractivity contribution in [1.29, 1.82) is 0 Å². The van der Waals surface area contributed by atoms with Crippen molar-refractivity contribution in [1.82, 2.24) is 30.2 Å². The average molecular weight is 381 g/mol. The van der Waals surface area contributed by atoms with Crippen molar-refractivity contribution >= 4 is 27.9 Å². The molecule has 1 N–H and O–H groups in total. The molecule has 0 atom stereocenters. The number of nitrogens with one attached hydrogen (secondary N) is 1. The van der Waals surface area contributed by atoms with Gasteiger partial charge in [-0.15, -0.1) is 16.4 Å². The summed E-state index contributed by atoms with van der Waals surface area (Å²) in [5, 5.41) is 16.7. The Morgan fingerprint density at radius 2 is 2.15 bits per heavy atom. The molecule has 3 aromatic rings. The second kappa shape index (κ2) is 7.75. The fourth-order valence-corrected chi connectivity index (χ4v) is 3.75. The molecule has 0 aromatic carbocycles. The Morgan fingerprint density at radius 1 is 1.30 bits per heavy atom. The number of amides is 1. The Hall–Kier alpha value is -2.94. The molecule has 27 heavy (non-hydrogen) atoms. The van der Waals surface area contributed by atoms with Crippen molar-refractivity contribution in [3.8, 4) is 5.82 Å². The molecule has 1 aliphatic rings. The molecule has 0 bridgehead atoms. The van der Waals surface area contributed by atoms with E-state index in [1.54, 1.807) is 17.1 Å². The van der Waals surface area contributed by atoms with Gasteiger partial charge in [-0.3, -0.25) is 10.1 Å². The SMILES string of the molecule is Cc1nnnn1-c1ccc(C(=CC2CCCC2)C(=O)Nc2nccs2)cn1. The maximum Gasteiger partial charge on any atom is 0.257 e. The summed E-state index contributed by atoms with van der Waals surface area (Å²) in [5.41, 5.74) is 1.40. The predicted molar refractivity (Wildman–Crippen MR) is 102 cm³/mol. The largest absolute Gasteiger partial charge is 0.298 e. The number of tetrazole rings is 1. The summed E-state index contributed by atoms with van der Waals surface area (Å²) in [4.78, 5) is 21.5. The van der Waals surface area contributed by atoms with Crippen LogP contribution >= 0.6 is 11.3 Å². The zero-order valence-corrected chi connectivity index (χ0v) is 15.7. The highest BCUT2D eigenvalue weighted by atomic mass is 32.1. The fraction of sp³-hybridized carbons (Fsp3) is 0.333. The number of nitrogens with zero attached hydrogens (tertiary/aromatic N) is 6. The Bertz CT molecular complexity index is 941. The summed E-state index contributed by atoms with van der Waals surface area (Å²) < 4.78 is 1.56. The molecule has 4 rings (SSSR count). The summed E-state index contributed by atoms with van der Waals surface area (Å²) in [6.45, 7) is 1.81. The monoisotopic (exact) mass is 381 g/mol. The molecule has 1 fully saturated rings. The number of pyridine rings is 1. The Kier molecular flexibility index (Phi) is 5.01. The number of anilines is 1. The first-order valence-corrected chi connectivity index (χ1v) is 9.73. The second-order valence-corrected chi connectivity index (χ2v) is 7.35. The van der Waals surface area contributed by atoms with Gasteiger partial charge in [0.1, 0.15) is 0 Å². The van der Waals surface area contributed by atoms with Crippen molar-refractivity contribution in [2.24, 2.45) is 5.92 Å². The van der Waals surface area contributed by atoms with Gasteiger partial charge in [-0.25, -0.2) is 9.97 Å². The van der Waals surface area contributed by atoms with E-state index < -0.39 is 0 Å². The standard InChI is InChI=1S/C18H19N7OS/c1-12-22-23-24-25(12)16-7-6-14(11-20-16)15(10-13-4-2-3-5-13)17(26)21-18-19-8-9-27-18/h6-11,13H,2-5H2,1H3,(H,19,21,26). The van der Waals surface area contributed by atoms with Crippen molar-refractivity contribution in [2.45, 2.75) is 32.6 Å². The smallest absolute Gasteiger partial charge is 0.257 e. The minimum atomic E-state index is -0.162. The summed E-state index contributed by atoms with van der Waals surface area (Å²) in [6.07, 6.45) is 10.1. The minimum absolute atomic E-state index is 0.162. The van der Waals surface area contributed by atoms with Gasteiger partial charge in [-0.05, 0) is 48.2 Å². The summed E-state index contributed by atoms with van der Waals surface area (Å²) >= 11 is 1.40. The molecule has 8 nitrogen and oxygen atoms in total. The van der Waals surface area contributed by atoms with E-state index >= 15 is 0 Å². The quantitative estimate of drug-likeness (QED) is 0.682. The molecule has 0 saturated heterocycles. The van der Waals surface area contributed by atoms with Crippen molar-refractivity contribution in [3.05, 3.63) is 47.4 Å². The molecule has 1 saturated carbocycles. The van der Waals surface area contributed by atoms with Gasteiger partial charge in [-0.1, -0.05) is 18.9 Å². The van der Waals surface area contributed by atoms with Crippen molar-refractivity contribution < 1.29 is 4.79 Å². The number of hydrogen-bond donors (Lipinski definition) is 1. The van der Waals surface area contributed by atoms with E-state index in [0.717, 1.165) is 18.4 Å². The van der Waals surface area contributed by atoms with Gasteiger partial charge in [0.25, 0.3) is 5.91 Å². The van der Waals surface area contributed by atoms with Crippen LogP contribution < -0.4 is 5.32 Å². The Balaban J connectivity index is 1.63. The third kappa shape index (κ3) is 3.92. The zero-order valence-electron chi connectivity index (χ0n) is 14.9. The number of rotatable bonds is 5. The lowest BCUT2D eigenvalue weighted by atomic mass is 9.99. The van der Waals surface area contributed by atoms with Gasteiger partial charge in [0.2, 0.25) is 0 Å². The molecule has 1 amide bonds. The van der Waals surface area contributed by atoms with Crippen LogP contribution in [0.15, 0.2) is 36.0 Å². The predicted octanol–water partition coefficient (Wildman–Crippen LogP) is 3.03. The molecule has 3 aromatic heterocycles. The Morgan fingerprint density at radius 3 is 2.78 bits per heavy atom. The lowest BCUT2D eigenvalue weighted by molar-refractivity contribution is -0.111. The second-order valence-electron chi connectivity index (χ2n) is 6.46. The zero-order chi connectivity index (χ0) is 18.6. The highest BCUT2D eigenvalue weighted by Crippen LogP contribution is 2.30. The summed E-state index contributed by atoms with van der Waals surface area (Å²) in [6, 6.07) is 3.70. The first-order valence-electron chi connectivity index (χ1n) is 8.85. The highest BCUT2D eigenvalue weighted by Gasteiger charge is 2.19. The van der Waals surface area contributed by atoms with Gasteiger partial charge in [0.15, 0.2) is 16.8 Å². The summed E-state index contributed by atoms with van der Waals surface area (Å²) in [5.74, 6) is 1.52. The van der Waals surface area contributed by atoms with Crippen LogP contribution in [0.3, 0.4) is 0 Å². The lowest BCUT2D eigenvalue weighted by Gasteiger charge is -2.11. The van der Waals surface area contributed by atoms with Crippen molar-refractivity contribution in [3.63, 3.8) is 0 Å². The van der Waals surface area contributed by atoms with E-state index in [-0.39, 0.29) is 5.91 Å². The number of allylic oxidation sites excluding steroid dienone is 1. The molecule has 0 radical (unpaired) electrons. The Labute approximate surface area is 160 Å². The number of carbonyl (C=O) groups is 1. The molecule has 0 spiro atoms. The van der Waals surface area contributed by atoms with Crippen LogP contribution in [-0.4, -0.2) is 36.1 Å². The van der Waals surface area contributed by atoms with E-state index in [9.17, 15) is 4.79 Å². The number of aryl methyl sites for hydroxylation is 1. The van der Waals surface area contributed by atoms with E-state index in [4.69, 9.17) is 0 Å². The third-order valence-electron chi connectivity index (χ3n) is 4.60. The molecule has 9 heteroatoms. The summed E-state index contributed by atoms with van der Waals surface area (Å²) in [7, 11) is 0. The molecule has 138 valence electrons. The molecular formula is C18H19N7OS. The van der Waals surface area contributed by atoms with Crippen LogP contribution in [-0.2, 0) is 4.79 Å². The van der Waals surface area contributed by atoms with Gasteiger partial charge >= 0.3 is 0 Å². The van der Waals surface area contributed by atoms with Crippen molar-refractivity contribution in [2.75, 3.05) is 5.32 Å². The maximum atomic E-state index is 12.9. The van der Waals surface area contributed by atoms with E-state index in [1.165, 1.54) is 24.2 Å². The highest BCUT2D eigenvalue weighted by molar-refractivity contribution is 7.13. The minimum Gasteiger partial charge on any atom is -0.298 e. The van der Waals surface area contributed by atoms with Gasteiger partial charge in [0.05, 0.1) is 0 Å². The number of carbonyl (C=O) groups excluding carboxylic acids is 1. The average Bonchev–Trinajstić information content (AvgIpc) is 3.43. The van der Waals surface area contributed by atoms with Gasteiger partial charge < -0.3 is 0 Å². The molecule has 3 heterocycles. The normalized spacial score (nSPS) is 15.2. The molecule has 1 aliphatic carbocycles. The first-order chi connectivity index (χ1) is 13.2. The lowest BCUT2D eigenvalue weighted by Crippen LogP contribution is -2.15. The first kappa shape index (κ1) is 17.5. The molecule has 0 aliphatic heterocycles. The third-order valence-corrected chi connectivity index (χ3v) is 5.29. The number of aromatic nitrogens is 6. The fourth-order valence-electron chi connectivity index (χ4n) is 3.23. The van der Waals surface area contributed by atoms with Crippen LogP contribution in [0.2, 0.25) is 0 Å². The van der Waals surface area contributed by atoms with Crippen LogP contribution in [0.25, 0.3) is 11.4 Å². The topological polar surface area (TPSA) is 98.5 Å². The van der Waals surface area contributed by atoms with E-state index in [0.29, 0.717) is 28.3 Å². The number of thiazole rings is 1. The van der Waals surface area contributed by atoms with Gasteiger partial charge in [-0.2, -0.15) is 4.68 Å². The van der Waals surface area contributed by atoms with E-state index in [1.807, 2.05) is 24.4 Å². The maximum absolute atomic E-state index is 12.9. The van der Waals surface area contributed by atoms with E-state index in [2.05, 4.69) is 36.9 Å².